The lowest BCUT2D eigenvalue weighted by Gasteiger charge is -2.29. The number of nitrogens with two attached hydrogens (primary N) is 2. The number of benzene rings is 2. The first kappa shape index (κ1) is 29.1. The molecule has 3 aromatic rings. The van der Waals surface area contributed by atoms with Gasteiger partial charge in [-0.25, -0.2) is 9.37 Å². The minimum Gasteiger partial charge on any atom is -0.370 e. The first-order chi connectivity index (χ1) is 19.3. The smallest absolute Gasteiger partial charge is 0.243 e. The maximum absolute atomic E-state index is 13.7. The largest absolute Gasteiger partial charge is 0.370 e. The van der Waals surface area contributed by atoms with E-state index in [1.165, 1.54) is 18.2 Å². The number of carbonyl (C=O) groups excluding carboxylic acids is 3. The Kier molecular flexibility index (Phi) is 9.78. The minimum absolute atomic E-state index is 0.0604. The maximum atomic E-state index is 13.7. The van der Waals surface area contributed by atoms with Crippen molar-refractivity contribution < 1.29 is 18.8 Å². The van der Waals surface area contributed by atoms with Crippen LogP contribution in [0.15, 0.2) is 53.5 Å². The number of carbonyl (C=O) groups is 3. The fraction of sp³-hybridized carbons (Fsp3) is 0.393. The van der Waals surface area contributed by atoms with Gasteiger partial charge in [-0.3, -0.25) is 19.4 Å². The van der Waals surface area contributed by atoms with E-state index in [0.29, 0.717) is 42.4 Å². The number of aliphatic imine (C=N–C) groups is 1. The van der Waals surface area contributed by atoms with Crippen molar-refractivity contribution >= 4 is 45.1 Å². The quantitative estimate of drug-likeness (QED) is 0.113. The monoisotopic (exact) mass is 567 g/mol. The molecule has 4 rings (SSSR count). The lowest BCUT2D eigenvalue weighted by atomic mass is 10.0. The highest BCUT2D eigenvalue weighted by Gasteiger charge is 2.38. The van der Waals surface area contributed by atoms with E-state index in [9.17, 15) is 18.8 Å². The second kappa shape index (κ2) is 13.4. The summed E-state index contributed by atoms with van der Waals surface area (Å²) >= 11 is 1.07. The molecule has 212 valence electrons. The number of fused-ring (bicyclic) bond motifs is 1. The summed E-state index contributed by atoms with van der Waals surface area (Å²) in [7, 11) is 1.73. The molecule has 6 N–H and O–H groups in total. The predicted octanol–water partition coefficient (Wildman–Crippen LogP) is 1.98. The number of halogens is 1. The van der Waals surface area contributed by atoms with Gasteiger partial charge in [0.05, 0.1) is 22.3 Å². The molecule has 3 atom stereocenters. The molecule has 0 radical (unpaired) electrons. The Bertz CT molecular complexity index is 1380. The van der Waals surface area contributed by atoms with Gasteiger partial charge in [-0.05, 0) is 62.9 Å². The number of ketones is 1. The zero-order valence-electron chi connectivity index (χ0n) is 22.3. The SMILES string of the molecule is CN[C@H](Cc1ccccc1)C(=O)N1CCC[C@H]1C(=O)NC(CCCN=C(N)N)C(=O)c1nc2ccc(F)cc2s1. The molecule has 0 saturated carbocycles. The van der Waals surface area contributed by atoms with Crippen molar-refractivity contribution in [3.63, 3.8) is 0 Å². The highest BCUT2D eigenvalue weighted by atomic mass is 32.1. The van der Waals surface area contributed by atoms with Crippen LogP contribution in [0, 0.1) is 5.82 Å². The minimum atomic E-state index is -0.908. The van der Waals surface area contributed by atoms with Gasteiger partial charge >= 0.3 is 0 Å². The molecule has 1 aliphatic heterocycles. The van der Waals surface area contributed by atoms with Crippen LogP contribution in [0.5, 0.6) is 0 Å². The Morgan fingerprint density at radius 3 is 2.67 bits per heavy atom. The Morgan fingerprint density at radius 2 is 1.95 bits per heavy atom. The van der Waals surface area contributed by atoms with Crippen molar-refractivity contribution in [2.45, 2.75) is 50.2 Å². The molecular weight excluding hydrogens is 533 g/mol. The molecule has 0 aliphatic carbocycles. The number of guanidine groups is 1. The van der Waals surface area contributed by atoms with Crippen molar-refractivity contribution in [3.05, 3.63) is 64.9 Å². The van der Waals surface area contributed by atoms with Crippen LogP contribution in [0.2, 0.25) is 0 Å². The number of amides is 2. The van der Waals surface area contributed by atoms with E-state index in [0.717, 1.165) is 16.9 Å². The highest BCUT2D eigenvalue weighted by molar-refractivity contribution is 7.20. The second-order valence-corrected chi connectivity index (χ2v) is 10.8. The second-order valence-electron chi connectivity index (χ2n) is 9.73. The molecule has 1 aliphatic rings. The molecule has 1 fully saturated rings. The lowest BCUT2D eigenvalue weighted by molar-refractivity contribution is -0.140. The molecule has 0 spiro atoms. The van der Waals surface area contributed by atoms with Crippen LogP contribution in [0.4, 0.5) is 4.39 Å². The average Bonchev–Trinajstić information content (AvgIpc) is 3.60. The van der Waals surface area contributed by atoms with Gasteiger partial charge in [0, 0.05) is 13.1 Å². The van der Waals surface area contributed by atoms with Crippen LogP contribution in [-0.4, -0.2) is 71.7 Å². The van der Waals surface area contributed by atoms with Crippen molar-refractivity contribution in [1.29, 1.82) is 0 Å². The first-order valence-electron chi connectivity index (χ1n) is 13.2. The van der Waals surface area contributed by atoms with Gasteiger partial charge in [0.2, 0.25) is 17.6 Å². The third kappa shape index (κ3) is 7.19. The lowest BCUT2D eigenvalue weighted by Crippen LogP contribution is -2.54. The molecule has 2 amide bonds. The van der Waals surface area contributed by atoms with E-state index in [1.54, 1.807) is 11.9 Å². The average molecular weight is 568 g/mol. The van der Waals surface area contributed by atoms with Crippen LogP contribution in [-0.2, 0) is 16.0 Å². The van der Waals surface area contributed by atoms with Crippen LogP contribution >= 0.6 is 11.3 Å². The summed E-state index contributed by atoms with van der Waals surface area (Å²) in [4.78, 5) is 50.4. The van der Waals surface area contributed by atoms with E-state index in [4.69, 9.17) is 11.5 Å². The van der Waals surface area contributed by atoms with Crippen molar-refractivity contribution in [3.8, 4) is 0 Å². The third-order valence-corrected chi connectivity index (χ3v) is 7.94. The van der Waals surface area contributed by atoms with Gasteiger partial charge in [-0.15, -0.1) is 11.3 Å². The number of thiazole rings is 1. The van der Waals surface area contributed by atoms with Crippen LogP contribution in [0.1, 0.15) is 41.0 Å². The van der Waals surface area contributed by atoms with Gasteiger partial charge in [0.15, 0.2) is 11.0 Å². The number of likely N-dealkylation sites (N-methyl/N-ethyl adjacent to an activating group) is 1. The zero-order chi connectivity index (χ0) is 28.6. The molecule has 12 heteroatoms. The molecule has 2 aromatic carbocycles. The number of aromatic nitrogens is 1. The molecule has 10 nitrogen and oxygen atoms in total. The van der Waals surface area contributed by atoms with Crippen molar-refractivity contribution in [2.75, 3.05) is 20.1 Å². The van der Waals surface area contributed by atoms with Gasteiger partial charge < -0.3 is 27.0 Å². The van der Waals surface area contributed by atoms with E-state index in [2.05, 4.69) is 20.6 Å². The normalized spacial score (nSPS) is 16.4. The first-order valence-corrected chi connectivity index (χ1v) is 14.1. The summed E-state index contributed by atoms with van der Waals surface area (Å²) in [6, 6.07) is 11.7. The zero-order valence-corrected chi connectivity index (χ0v) is 23.1. The maximum Gasteiger partial charge on any atom is 0.243 e. The van der Waals surface area contributed by atoms with Gasteiger partial charge in [-0.1, -0.05) is 30.3 Å². The van der Waals surface area contributed by atoms with Crippen LogP contribution in [0.25, 0.3) is 10.2 Å². The van der Waals surface area contributed by atoms with Gasteiger partial charge in [-0.2, -0.15) is 0 Å². The number of likely N-dealkylation sites (tertiary alicyclic amines) is 1. The third-order valence-electron chi connectivity index (χ3n) is 6.91. The number of hydrogen-bond acceptors (Lipinski definition) is 7. The fourth-order valence-electron chi connectivity index (χ4n) is 4.86. The van der Waals surface area contributed by atoms with E-state index in [1.807, 2.05) is 30.3 Å². The molecule has 1 unspecified atom stereocenters. The van der Waals surface area contributed by atoms with E-state index in [-0.39, 0.29) is 35.6 Å². The Morgan fingerprint density at radius 1 is 1.18 bits per heavy atom. The number of nitrogens with zero attached hydrogens (tertiary/aromatic N) is 3. The number of rotatable bonds is 12. The van der Waals surface area contributed by atoms with Crippen LogP contribution in [0.3, 0.4) is 0 Å². The number of nitrogens with one attached hydrogen (secondary N) is 2. The Hall–Kier alpha value is -3.90. The van der Waals surface area contributed by atoms with E-state index < -0.39 is 29.8 Å². The summed E-state index contributed by atoms with van der Waals surface area (Å²) in [6.07, 6.45) is 2.36. The Balaban J connectivity index is 1.49. The summed E-state index contributed by atoms with van der Waals surface area (Å²) in [5.74, 6) is -1.42. The van der Waals surface area contributed by atoms with Crippen LogP contribution < -0.4 is 22.1 Å². The fourth-order valence-corrected chi connectivity index (χ4v) is 5.84. The summed E-state index contributed by atoms with van der Waals surface area (Å²) in [5.41, 5.74) is 12.3. The summed E-state index contributed by atoms with van der Waals surface area (Å²) in [5, 5.41) is 6.13. The number of Topliss-reactive ketones (excluding diaryl/α,β-unsaturated/α-hetero) is 1. The van der Waals surface area contributed by atoms with Crippen molar-refractivity contribution in [2.24, 2.45) is 16.5 Å². The molecule has 40 heavy (non-hydrogen) atoms. The standard InChI is InChI=1S/C28H34FN7O3S/c1-32-21(15-17-7-3-2-4-8-17)27(39)36-14-6-10-22(36)25(38)34-20(9-5-13-33-28(30)31)24(37)26-35-19-12-11-18(29)16-23(19)40-26/h2-4,7-8,11-12,16,20-22,32H,5-6,9-10,13-15H2,1H3,(H,34,38)(H4,30,31,33)/t20?,21-,22+/m1/s1. The molecule has 2 heterocycles. The molecule has 0 bridgehead atoms. The molecule has 1 aromatic heterocycles. The van der Waals surface area contributed by atoms with Gasteiger partial charge in [0.1, 0.15) is 11.9 Å². The van der Waals surface area contributed by atoms with E-state index >= 15 is 0 Å². The summed E-state index contributed by atoms with van der Waals surface area (Å²) < 4.78 is 14.2. The summed E-state index contributed by atoms with van der Waals surface area (Å²) in [6.45, 7) is 0.737. The van der Waals surface area contributed by atoms with Crippen molar-refractivity contribution in [1.82, 2.24) is 20.5 Å². The number of hydrogen-bond donors (Lipinski definition) is 4. The highest BCUT2D eigenvalue weighted by Crippen LogP contribution is 2.25. The molecular formula is C28H34FN7O3S. The van der Waals surface area contributed by atoms with Gasteiger partial charge in [0.25, 0.3) is 0 Å². The predicted molar refractivity (Wildman–Crippen MR) is 153 cm³/mol. The topological polar surface area (TPSA) is 156 Å². The Labute approximate surface area is 236 Å². The molecule has 1 saturated heterocycles.